The smallest absolute Gasteiger partial charge is 0.257 e. The predicted octanol–water partition coefficient (Wildman–Crippen LogP) is 4.41. The molecule has 4 rings (SSSR count). The van der Waals surface area contributed by atoms with Crippen LogP contribution in [0.1, 0.15) is 46.4 Å². The van der Waals surface area contributed by atoms with Crippen molar-refractivity contribution >= 4 is 64.8 Å². The first-order valence-electron chi connectivity index (χ1n) is 15.2. The third kappa shape index (κ3) is 9.80. The average molecular weight is 777 g/mol. The van der Waals surface area contributed by atoms with E-state index in [4.69, 9.17) is 21.0 Å². The van der Waals surface area contributed by atoms with Gasteiger partial charge < -0.3 is 0 Å². The summed E-state index contributed by atoms with van der Waals surface area (Å²) < 4.78 is 54.3. The molecule has 0 radical (unpaired) electrons. The molecule has 16 nitrogen and oxygen atoms in total. The maximum atomic E-state index is 13.0. The van der Waals surface area contributed by atoms with Gasteiger partial charge in [0.05, 0.1) is 34.1 Å². The predicted molar refractivity (Wildman–Crippen MR) is 190 cm³/mol. The Hall–Kier alpha value is -5.58. The SMILES string of the molecule is N#CCCN(CCC#N)S(=O)(=O)c1ccc(C(=O)Nc2nc(-c3csc(NC(=O)c4ccc(S(=O)(=O)N(CCC#N)CCC#N)cc4)n3)cs2)cc1. The van der Waals surface area contributed by atoms with Crippen LogP contribution in [0.5, 0.6) is 0 Å². The lowest BCUT2D eigenvalue weighted by atomic mass is 10.2. The summed E-state index contributed by atoms with van der Waals surface area (Å²) in [6.07, 6.45) is -0.163. The lowest BCUT2D eigenvalue weighted by molar-refractivity contribution is 0.101. The Morgan fingerprint density at radius 1 is 0.577 bits per heavy atom. The molecule has 0 aliphatic carbocycles. The number of nitriles is 4. The highest BCUT2D eigenvalue weighted by Crippen LogP contribution is 2.29. The van der Waals surface area contributed by atoms with Crippen LogP contribution >= 0.6 is 22.7 Å². The third-order valence-corrected chi connectivity index (χ3v) is 12.5. The summed E-state index contributed by atoms with van der Waals surface area (Å²) in [5.41, 5.74) is 1.16. The lowest BCUT2D eigenvalue weighted by Crippen LogP contribution is -2.32. The molecule has 0 bridgehead atoms. The van der Waals surface area contributed by atoms with Crippen LogP contribution < -0.4 is 10.6 Å². The minimum absolute atomic E-state index is 0.0408. The monoisotopic (exact) mass is 776 g/mol. The molecule has 20 heteroatoms. The topological polar surface area (TPSA) is 254 Å². The molecule has 0 fully saturated rings. The molecule has 0 aliphatic heterocycles. The van der Waals surface area contributed by atoms with E-state index in [1.54, 1.807) is 10.8 Å². The first-order chi connectivity index (χ1) is 24.9. The van der Waals surface area contributed by atoms with Crippen molar-refractivity contribution in [2.45, 2.75) is 35.5 Å². The Bertz CT molecular complexity index is 2100. The number of benzene rings is 2. The minimum Gasteiger partial charge on any atom is -0.298 e. The highest BCUT2D eigenvalue weighted by molar-refractivity contribution is 7.89. The van der Waals surface area contributed by atoms with Gasteiger partial charge in [0.15, 0.2) is 10.3 Å². The number of anilines is 2. The van der Waals surface area contributed by atoms with Gasteiger partial charge in [0.2, 0.25) is 20.0 Å². The first kappa shape index (κ1) is 39.2. The summed E-state index contributed by atoms with van der Waals surface area (Å²) in [5.74, 6) is -1.09. The summed E-state index contributed by atoms with van der Waals surface area (Å²) in [6.45, 7) is -0.271. The molecule has 2 heterocycles. The summed E-state index contributed by atoms with van der Waals surface area (Å²) >= 11 is 2.24. The van der Waals surface area contributed by atoms with Gasteiger partial charge >= 0.3 is 0 Å². The molecule has 0 saturated heterocycles. The number of hydrogen-bond donors (Lipinski definition) is 2. The van der Waals surface area contributed by atoms with E-state index in [1.165, 1.54) is 48.5 Å². The zero-order valence-corrected chi connectivity index (χ0v) is 30.4. The largest absolute Gasteiger partial charge is 0.298 e. The van der Waals surface area contributed by atoms with Gasteiger partial charge in [-0.15, -0.1) is 22.7 Å². The maximum Gasteiger partial charge on any atom is 0.257 e. The third-order valence-electron chi connectivity index (χ3n) is 7.11. The normalized spacial score (nSPS) is 11.3. The van der Waals surface area contributed by atoms with E-state index >= 15 is 0 Å². The zero-order valence-electron chi connectivity index (χ0n) is 27.1. The molecule has 52 heavy (non-hydrogen) atoms. The Balaban J connectivity index is 1.37. The van der Waals surface area contributed by atoms with Gasteiger partial charge in [-0.2, -0.15) is 29.7 Å². The number of carbonyl (C=O) groups is 2. The van der Waals surface area contributed by atoms with Crippen LogP contribution in [0.4, 0.5) is 10.3 Å². The number of sulfonamides is 2. The van der Waals surface area contributed by atoms with Crippen molar-refractivity contribution in [3.63, 3.8) is 0 Å². The number of carbonyl (C=O) groups excluding carboxylic acids is 2. The van der Waals surface area contributed by atoms with E-state index in [0.29, 0.717) is 11.4 Å². The summed E-state index contributed by atoms with van der Waals surface area (Å²) in [5, 5.41) is 44.6. The Morgan fingerprint density at radius 3 is 1.17 bits per heavy atom. The van der Waals surface area contributed by atoms with Crippen LogP contribution in [-0.2, 0) is 20.0 Å². The van der Waals surface area contributed by atoms with Crippen LogP contribution in [-0.4, -0.2) is 73.4 Å². The fourth-order valence-electron chi connectivity index (χ4n) is 4.49. The number of hydrogen-bond acceptors (Lipinski definition) is 14. The number of aromatic nitrogens is 2. The van der Waals surface area contributed by atoms with E-state index in [0.717, 1.165) is 31.3 Å². The van der Waals surface area contributed by atoms with Crippen LogP contribution in [0.2, 0.25) is 0 Å². The second-order valence-electron chi connectivity index (χ2n) is 10.5. The lowest BCUT2D eigenvalue weighted by Gasteiger charge is -2.20. The van der Waals surface area contributed by atoms with Crippen LogP contribution in [0.25, 0.3) is 11.4 Å². The second-order valence-corrected chi connectivity index (χ2v) is 16.1. The molecule has 0 aliphatic rings. The molecular weight excluding hydrogens is 749 g/mol. The van der Waals surface area contributed by atoms with Gasteiger partial charge in [-0.25, -0.2) is 26.8 Å². The molecule has 266 valence electrons. The van der Waals surface area contributed by atoms with Crippen LogP contribution in [0.15, 0.2) is 69.1 Å². The van der Waals surface area contributed by atoms with Crippen molar-refractivity contribution in [2.24, 2.45) is 0 Å². The van der Waals surface area contributed by atoms with Crippen LogP contribution in [0.3, 0.4) is 0 Å². The molecule has 0 spiro atoms. The van der Waals surface area contributed by atoms with E-state index in [2.05, 4.69) is 20.6 Å². The van der Waals surface area contributed by atoms with Gasteiger partial charge in [-0.1, -0.05) is 0 Å². The second kappa shape index (κ2) is 18.1. The number of nitrogens with one attached hydrogen (secondary N) is 2. The number of thiazole rings is 2. The van der Waals surface area contributed by atoms with Crippen molar-refractivity contribution < 1.29 is 26.4 Å². The Kier molecular flexibility index (Phi) is 13.6. The van der Waals surface area contributed by atoms with Crippen molar-refractivity contribution in [3.05, 3.63) is 70.4 Å². The molecule has 0 atom stereocenters. The van der Waals surface area contributed by atoms with Crippen molar-refractivity contribution in [3.8, 4) is 35.7 Å². The number of amides is 2. The Labute approximate surface area is 307 Å². The van der Waals surface area contributed by atoms with Crippen LogP contribution in [0, 0.1) is 45.3 Å². The number of rotatable bonds is 17. The first-order valence-corrected chi connectivity index (χ1v) is 19.8. The fraction of sp³-hybridized carbons (Fsp3) is 0.250. The number of nitrogens with zero attached hydrogens (tertiary/aromatic N) is 8. The summed E-state index contributed by atoms with van der Waals surface area (Å²) in [7, 11) is -7.99. The Morgan fingerprint density at radius 2 is 0.885 bits per heavy atom. The van der Waals surface area contributed by atoms with Gasteiger partial charge in [-0.05, 0) is 48.5 Å². The quantitative estimate of drug-likeness (QED) is 0.151. The zero-order chi connectivity index (χ0) is 37.7. The van der Waals surface area contributed by atoms with E-state index < -0.39 is 31.9 Å². The molecular formula is C32H28N10O6S4. The molecule has 2 aromatic carbocycles. The molecule has 2 N–H and O–H groups in total. The van der Waals surface area contributed by atoms with E-state index in [1.807, 2.05) is 24.3 Å². The molecule has 2 amide bonds. The van der Waals surface area contributed by atoms with E-state index in [9.17, 15) is 26.4 Å². The maximum absolute atomic E-state index is 13.0. The minimum atomic E-state index is -3.99. The van der Waals surface area contributed by atoms with E-state index in [-0.39, 0.29) is 83.0 Å². The highest BCUT2D eigenvalue weighted by atomic mass is 32.2. The molecule has 0 saturated carbocycles. The van der Waals surface area contributed by atoms with Crippen molar-refractivity contribution in [1.29, 1.82) is 21.0 Å². The van der Waals surface area contributed by atoms with Crippen molar-refractivity contribution in [1.82, 2.24) is 18.6 Å². The van der Waals surface area contributed by atoms with Gasteiger partial charge in [0.25, 0.3) is 11.8 Å². The molecule has 4 aromatic rings. The highest BCUT2D eigenvalue weighted by Gasteiger charge is 2.26. The van der Waals surface area contributed by atoms with Gasteiger partial charge in [0, 0.05) is 73.7 Å². The average Bonchev–Trinajstić information content (AvgIpc) is 3.81. The fourth-order valence-corrected chi connectivity index (χ4v) is 8.78. The van der Waals surface area contributed by atoms with Gasteiger partial charge in [-0.3, -0.25) is 20.2 Å². The standard InChI is InChI=1S/C32H28N10O6S4/c33-13-1-17-41(18-2-14-34)51(45,46)25-9-5-23(6-10-25)29(43)39-31-37-27(21-49-31)28-22-50-32(38-28)40-30(44)24-7-11-26(12-8-24)52(47,48)42(19-3-15-35)20-4-16-36/h5-12,21-22H,1-4,17-20H2,(H,37,39,43)(H,38,40,44). The molecule has 2 aromatic heterocycles. The summed E-state index contributed by atoms with van der Waals surface area (Å²) in [6, 6.07) is 18.0. The van der Waals surface area contributed by atoms with Gasteiger partial charge in [0.1, 0.15) is 11.4 Å². The molecule has 0 unspecified atom stereocenters. The summed E-state index contributed by atoms with van der Waals surface area (Å²) in [4.78, 5) is 34.4. The van der Waals surface area contributed by atoms with Crippen molar-refractivity contribution in [2.75, 3.05) is 36.8 Å².